The molecule has 0 aromatic heterocycles. The normalized spacial score (nSPS) is 23.2. The number of allylic oxidation sites excluding steroid dienone is 2. The summed E-state index contributed by atoms with van der Waals surface area (Å²) >= 11 is 0. The lowest BCUT2D eigenvalue weighted by Gasteiger charge is -2.41. The molecule has 7 nitrogen and oxygen atoms in total. The van der Waals surface area contributed by atoms with Gasteiger partial charge in [0, 0.05) is 18.7 Å². The Bertz CT molecular complexity index is 1070. The van der Waals surface area contributed by atoms with Crippen LogP contribution in [0.5, 0.6) is 0 Å². The Kier molecular flexibility index (Phi) is 6.17. The monoisotopic (exact) mass is 447 g/mol. The van der Waals surface area contributed by atoms with Crippen LogP contribution in [0.1, 0.15) is 42.9 Å². The van der Waals surface area contributed by atoms with Crippen LogP contribution < -0.4 is 0 Å². The van der Waals surface area contributed by atoms with Crippen molar-refractivity contribution >= 4 is 22.0 Å². The molecule has 8 heteroatoms. The van der Waals surface area contributed by atoms with E-state index in [9.17, 15) is 28.2 Å². The minimum atomic E-state index is -3.70. The third-order valence-corrected chi connectivity index (χ3v) is 8.82. The molecule has 2 aliphatic rings. The average molecular weight is 448 g/mol. The van der Waals surface area contributed by atoms with Crippen LogP contribution in [-0.4, -0.2) is 48.0 Å². The smallest absolute Gasteiger partial charge is 0.331 e. The second-order valence-corrected chi connectivity index (χ2v) is 10.6. The molecule has 2 N–H and O–H groups in total. The minimum absolute atomic E-state index is 0.0897. The van der Waals surface area contributed by atoms with Gasteiger partial charge in [0.2, 0.25) is 10.0 Å². The Labute approximate surface area is 183 Å². The lowest BCUT2D eigenvalue weighted by molar-refractivity contribution is -0.150. The number of benzene rings is 1. The molecule has 1 heterocycles. The van der Waals surface area contributed by atoms with Gasteiger partial charge in [0.15, 0.2) is 0 Å². The van der Waals surface area contributed by atoms with Gasteiger partial charge in [-0.25, -0.2) is 13.2 Å². The van der Waals surface area contributed by atoms with E-state index in [1.165, 1.54) is 4.31 Å². The van der Waals surface area contributed by atoms with Crippen molar-refractivity contribution in [1.29, 1.82) is 0 Å². The van der Waals surface area contributed by atoms with Crippen LogP contribution in [0.25, 0.3) is 0 Å². The zero-order chi connectivity index (χ0) is 23.1. The Morgan fingerprint density at radius 1 is 1.03 bits per heavy atom. The summed E-state index contributed by atoms with van der Waals surface area (Å²) in [5.74, 6) is -2.53. The second-order valence-electron chi connectivity index (χ2n) is 8.73. The van der Waals surface area contributed by atoms with Gasteiger partial charge in [-0.05, 0) is 69.6 Å². The molecule has 3 rings (SSSR count). The van der Waals surface area contributed by atoms with Crippen molar-refractivity contribution in [2.45, 2.75) is 51.9 Å². The van der Waals surface area contributed by atoms with Crippen molar-refractivity contribution in [3.8, 4) is 0 Å². The fourth-order valence-electron chi connectivity index (χ4n) is 5.03. The Morgan fingerprint density at radius 2 is 1.58 bits per heavy atom. The molecule has 1 atom stereocenters. The summed E-state index contributed by atoms with van der Waals surface area (Å²) in [4.78, 5) is 24.2. The van der Waals surface area contributed by atoms with Crippen LogP contribution in [0.15, 0.2) is 40.3 Å². The van der Waals surface area contributed by atoms with Crippen molar-refractivity contribution < 1.29 is 28.2 Å². The number of carboxylic acid groups (broad SMARTS) is 2. The largest absolute Gasteiger partial charge is 0.481 e. The van der Waals surface area contributed by atoms with Gasteiger partial charge < -0.3 is 10.2 Å². The Hall–Kier alpha value is -2.45. The van der Waals surface area contributed by atoms with Gasteiger partial charge in [0.25, 0.3) is 0 Å². The van der Waals surface area contributed by atoms with Crippen molar-refractivity contribution in [1.82, 2.24) is 4.31 Å². The molecule has 0 radical (unpaired) electrons. The molecule has 1 aliphatic heterocycles. The molecular weight excluding hydrogens is 418 g/mol. The number of sulfonamides is 1. The van der Waals surface area contributed by atoms with E-state index < -0.39 is 27.4 Å². The van der Waals surface area contributed by atoms with Crippen molar-refractivity contribution in [3.05, 3.63) is 52.1 Å². The summed E-state index contributed by atoms with van der Waals surface area (Å²) in [7, 11) is -3.70. The Balaban J connectivity index is 1.85. The maximum atomic E-state index is 13.3. The van der Waals surface area contributed by atoms with Crippen LogP contribution in [-0.2, 0) is 19.6 Å². The fourth-order valence-corrected chi connectivity index (χ4v) is 6.91. The highest BCUT2D eigenvalue weighted by Gasteiger charge is 2.48. The van der Waals surface area contributed by atoms with Gasteiger partial charge >= 0.3 is 11.9 Å². The van der Waals surface area contributed by atoms with Gasteiger partial charge in [-0.2, -0.15) is 4.31 Å². The molecule has 1 saturated heterocycles. The molecule has 0 saturated carbocycles. The fraction of sp³-hybridized carbons (Fsp3) is 0.478. The number of hydrogen-bond donors (Lipinski definition) is 2. The number of carboxylic acids is 2. The summed E-state index contributed by atoms with van der Waals surface area (Å²) in [6.45, 7) is 7.56. The molecule has 1 aromatic rings. The SMILES string of the molecule is CC1=C(C(=O)O)CC(C(=O)O)(C2CCN(S(=O)(=O)c3c(C)cc(C)cc3C)CC2)C=C1. The van der Waals surface area contributed by atoms with Crippen LogP contribution >= 0.6 is 0 Å². The highest BCUT2D eigenvalue weighted by atomic mass is 32.2. The molecule has 1 unspecified atom stereocenters. The number of nitrogens with zero attached hydrogens (tertiary/aromatic N) is 1. The lowest BCUT2D eigenvalue weighted by Crippen LogP contribution is -2.47. The first-order valence-electron chi connectivity index (χ1n) is 10.3. The maximum Gasteiger partial charge on any atom is 0.331 e. The van der Waals surface area contributed by atoms with E-state index in [-0.39, 0.29) is 31.0 Å². The van der Waals surface area contributed by atoms with Crippen LogP contribution in [0.2, 0.25) is 0 Å². The van der Waals surface area contributed by atoms with Gasteiger partial charge in [-0.15, -0.1) is 0 Å². The highest BCUT2D eigenvalue weighted by Crippen LogP contribution is 2.46. The van der Waals surface area contributed by atoms with E-state index in [4.69, 9.17) is 0 Å². The van der Waals surface area contributed by atoms with E-state index in [1.54, 1.807) is 32.9 Å². The summed E-state index contributed by atoms with van der Waals surface area (Å²) in [6.07, 6.45) is 3.79. The van der Waals surface area contributed by atoms with Gasteiger partial charge in [-0.3, -0.25) is 4.79 Å². The summed E-state index contributed by atoms with van der Waals surface area (Å²) < 4.78 is 28.1. The standard InChI is InChI=1S/C23H29NO6S/c1-14-11-16(3)20(17(4)12-14)31(29,30)24-9-6-18(7-10-24)23(22(27)28)8-5-15(2)19(13-23)21(25)26/h5,8,11-12,18H,6-7,9-10,13H2,1-4H3,(H,25,26)(H,27,28). The van der Waals surface area contributed by atoms with E-state index in [1.807, 2.05) is 19.1 Å². The highest BCUT2D eigenvalue weighted by molar-refractivity contribution is 7.89. The first-order chi connectivity index (χ1) is 14.4. The number of piperidine rings is 1. The van der Waals surface area contributed by atoms with Crippen LogP contribution in [0, 0.1) is 32.1 Å². The average Bonchev–Trinajstić information content (AvgIpc) is 2.67. The van der Waals surface area contributed by atoms with E-state index in [0.717, 1.165) is 5.56 Å². The van der Waals surface area contributed by atoms with Crippen LogP contribution in [0.4, 0.5) is 0 Å². The number of rotatable bonds is 5. The summed E-state index contributed by atoms with van der Waals surface area (Å²) in [5, 5.41) is 19.5. The molecule has 0 spiro atoms. The number of carbonyl (C=O) groups is 2. The molecule has 1 fully saturated rings. The first-order valence-corrected chi connectivity index (χ1v) is 11.8. The molecule has 168 valence electrons. The molecule has 1 aliphatic carbocycles. The topological polar surface area (TPSA) is 112 Å². The zero-order valence-electron chi connectivity index (χ0n) is 18.3. The van der Waals surface area contributed by atoms with Crippen molar-refractivity contribution in [2.75, 3.05) is 13.1 Å². The Morgan fingerprint density at radius 3 is 2.06 bits per heavy atom. The van der Waals surface area contributed by atoms with Gasteiger partial charge in [0.1, 0.15) is 0 Å². The van der Waals surface area contributed by atoms with Gasteiger partial charge in [0.05, 0.1) is 10.3 Å². The number of aliphatic carboxylic acids is 2. The quantitative estimate of drug-likeness (QED) is 0.715. The van der Waals surface area contributed by atoms with E-state index in [2.05, 4.69) is 0 Å². The van der Waals surface area contributed by atoms with E-state index in [0.29, 0.717) is 34.4 Å². The zero-order valence-corrected chi connectivity index (χ0v) is 19.1. The molecule has 1 aromatic carbocycles. The van der Waals surface area contributed by atoms with Crippen molar-refractivity contribution in [2.24, 2.45) is 11.3 Å². The van der Waals surface area contributed by atoms with Crippen molar-refractivity contribution in [3.63, 3.8) is 0 Å². The predicted octanol–water partition coefficient (Wildman–Crippen LogP) is 3.44. The summed E-state index contributed by atoms with van der Waals surface area (Å²) in [6, 6.07) is 3.70. The van der Waals surface area contributed by atoms with E-state index >= 15 is 0 Å². The molecular formula is C23H29NO6S. The molecule has 31 heavy (non-hydrogen) atoms. The third kappa shape index (κ3) is 4.06. The number of hydrogen-bond acceptors (Lipinski definition) is 4. The minimum Gasteiger partial charge on any atom is -0.481 e. The molecule has 0 bridgehead atoms. The van der Waals surface area contributed by atoms with Crippen LogP contribution in [0.3, 0.4) is 0 Å². The second kappa shape index (κ2) is 8.24. The first kappa shape index (κ1) is 23.2. The predicted molar refractivity (Wildman–Crippen MR) is 116 cm³/mol. The maximum absolute atomic E-state index is 13.3. The molecule has 0 amide bonds. The third-order valence-electron chi connectivity index (χ3n) is 6.62. The number of aryl methyl sites for hydroxylation is 3. The summed E-state index contributed by atoms with van der Waals surface area (Å²) in [5.41, 5.74) is 1.71. The van der Waals surface area contributed by atoms with Gasteiger partial charge in [-0.1, -0.05) is 29.8 Å². The lowest BCUT2D eigenvalue weighted by atomic mass is 9.65.